The van der Waals surface area contributed by atoms with Gasteiger partial charge in [0.15, 0.2) is 11.6 Å². The Balaban J connectivity index is 0.000000625. The summed E-state index contributed by atoms with van der Waals surface area (Å²) in [6.45, 7) is 26.2. The first-order chi connectivity index (χ1) is 31.1. The zero-order valence-electron chi connectivity index (χ0n) is 40.1. The molecule has 9 heteroatoms. The molecule has 4 aromatic heterocycles. The molecule has 3 fully saturated rings. The SMILES string of the molecule is C1C[NH+]2CC[NH+]1CC2.CCC1(CC)c2ccc([n-]2)C(CC)(CC)c2cc(C(=O)c3ccccc3)c([n-]2)C(CC)(CC)c2ccc([n-]2)C(CC)(CC)c2[n-]c1cc2C(=O)c1ccccc1.[Ni+2]. The Hall–Kier alpha value is -4.69. The maximum atomic E-state index is 14.7. The molecule has 8 heterocycles. The van der Waals surface area contributed by atoms with Crippen LogP contribution in [0.4, 0.5) is 0 Å². The molecule has 2 aromatic carbocycles. The topological polar surface area (TPSA) is 99.4 Å². The van der Waals surface area contributed by atoms with Crippen molar-refractivity contribution in [3.05, 3.63) is 165 Å². The largest absolute Gasteiger partial charge is 2.00 e. The van der Waals surface area contributed by atoms with Crippen LogP contribution in [-0.2, 0) is 38.2 Å². The molecule has 0 radical (unpaired) electrons. The first kappa shape index (κ1) is 48.3. The standard InChI is InChI=1S/C50H58N4O2.C6H12N2.Ni/c1-9-47(10-2)37-27-28-38(51-37)48(11-3,12-4)42-32-36(44(56)34-25-21-18-22-26-34)46(54-42)50(15-7,16-8)40-30-29-39(52-40)49(13-5,14-6)45-35(31-41(47)53-45)43(55)33-23-19-17-20-24-33;1-2-8-5-3-7(1)4-6-8;/h17-32H,9-16H2,1-8H3,(H2,53,54,55,56);1-6H2;/q-2;;+2. The average Bonchev–Trinajstić information content (AvgIpc) is 4.22. The Morgan fingerprint density at radius 3 is 0.938 bits per heavy atom. The predicted molar refractivity (Wildman–Crippen MR) is 255 cm³/mol. The zero-order valence-corrected chi connectivity index (χ0v) is 41.0. The van der Waals surface area contributed by atoms with E-state index < -0.39 is 21.7 Å². The van der Waals surface area contributed by atoms with Gasteiger partial charge in [0.05, 0.1) is 0 Å². The second kappa shape index (κ2) is 19.6. The fraction of sp³-hybridized carbons (Fsp3) is 0.464. The van der Waals surface area contributed by atoms with Crippen LogP contribution in [0.15, 0.2) is 97.1 Å². The van der Waals surface area contributed by atoms with Gasteiger partial charge < -0.3 is 29.7 Å². The third-order valence-corrected chi connectivity index (χ3v) is 16.6. The van der Waals surface area contributed by atoms with Crippen molar-refractivity contribution >= 4 is 11.6 Å². The number of hydrogen-bond donors (Lipinski definition) is 2. The number of carbonyl (C=O) groups excluding carboxylic acids is 2. The molecule has 4 aliphatic rings. The minimum absolute atomic E-state index is 0. The van der Waals surface area contributed by atoms with Gasteiger partial charge in [0.25, 0.3) is 0 Å². The smallest absolute Gasteiger partial charge is 0.663 e. The summed E-state index contributed by atoms with van der Waals surface area (Å²) in [7, 11) is 0. The molecule has 65 heavy (non-hydrogen) atoms. The Kier molecular flexibility index (Phi) is 14.6. The summed E-state index contributed by atoms with van der Waals surface area (Å²) < 4.78 is 0. The average molecular weight is 918 g/mol. The Labute approximate surface area is 398 Å². The van der Waals surface area contributed by atoms with Crippen LogP contribution in [-0.4, -0.2) is 50.8 Å². The number of rotatable bonds is 12. The molecular weight excluding hydrogens is 847 g/mol. The normalized spacial score (nSPS) is 19.7. The minimum Gasteiger partial charge on any atom is -0.663 e. The van der Waals surface area contributed by atoms with Crippen LogP contribution in [0.2, 0.25) is 0 Å². The number of piperazine rings is 3. The van der Waals surface area contributed by atoms with Gasteiger partial charge in [-0.15, -0.1) is 11.4 Å². The van der Waals surface area contributed by atoms with Gasteiger partial charge in [0.1, 0.15) is 39.3 Å². The molecule has 346 valence electrons. The van der Waals surface area contributed by atoms with E-state index >= 15 is 0 Å². The molecule has 10 bridgehead atoms. The third kappa shape index (κ3) is 7.97. The van der Waals surface area contributed by atoms with Gasteiger partial charge in [-0.1, -0.05) is 152 Å². The maximum Gasteiger partial charge on any atom is 2.00 e. The van der Waals surface area contributed by atoms with E-state index in [0.717, 1.165) is 71.2 Å². The number of nitrogens with zero attached hydrogens (tertiary/aromatic N) is 4. The number of fused-ring (bicyclic) bond motifs is 11. The summed E-state index contributed by atoms with van der Waals surface area (Å²) in [5, 5.41) is 0. The number of ketones is 2. The van der Waals surface area contributed by atoms with Crippen molar-refractivity contribution in [1.29, 1.82) is 0 Å². The van der Waals surface area contributed by atoms with E-state index in [1.807, 2.05) is 70.5 Å². The van der Waals surface area contributed by atoms with Crippen LogP contribution in [0.5, 0.6) is 0 Å². The van der Waals surface area contributed by atoms with Crippen LogP contribution < -0.4 is 29.7 Å². The van der Waals surface area contributed by atoms with E-state index in [9.17, 15) is 9.59 Å². The minimum atomic E-state index is -0.648. The number of benzene rings is 2. The number of hydrogen-bond acceptors (Lipinski definition) is 2. The zero-order chi connectivity index (χ0) is 45.3. The van der Waals surface area contributed by atoms with Gasteiger partial charge in [-0.05, 0) is 73.0 Å². The van der Waals surface area contributed by atoms with E-state index in [0.29, 0.717) is 47.9 Å². The molecule has 4 aliphatic heterocycles. The molecule has 6 aromatic rings. The van der Waals surface area contributed by atoms with Crippen LogP contribution in [0, 0.1) is 0 Å². The van der Waals surface area contributed by atoms with Gasteiger partial charge in [0, 0.05) is 22.3 Å². The summed E-state index contributed by atoms with van der Waals surface area (Å²) in [6.07, 6.45) is 5.84. The van der Waals surface area contributed by atoms with Crippen LogP contribution in [0.25, 0.3) is 0 Å². The van der Waals surface area contributed by atoms with Crippen molar-refractivity contribution < 1.29 is 35.9 Å². The molecule has 8 nitrogen and oxygen atoms in total. The van der Waals surface area contributed by atoms with E-state index in [1.165, 1.54) is 39.3 Å². The maximum absolute atomic E-state index is 14.7. The van der Waals surface area contributed by atoms with Gasteiger partial charge in [-0.2, -0.15) is 34.2 Å². The fourth-order valence-corrected chi connectivity index (χ4v) is 11.8. The summed E-state index contributed by atoms with van der Waals surface area (Å²) in [5.41, 5.74) is 7.20. The molecule has 0 saturated carbocycles. The molecule has 10 rings (SSSR count). The predicted octanol–water partition coefficient (Wildman–Crippen LogP) is 7.50. The Morgan fingerprint density at radius 1 is 0.400 bits per heavy atom. The monoisotopic (exact) mass is 916 g/mol. The second-order valence-corrected chi connectivity index (χ2v) is 18.8. The summed E-state index contributed by atoms with van der Waals surface area (Å²) in [6, 6.07) is 31.9. The number of quaternary nitrogens is 2. The van der Waals surface area contributed by atoms with Gasteiger partial charge in [0.2, 0.25) is 0 Å². The van der Waals surface area contributed by atoms with Gasteiger partial charge in [-0.3, -0.25) is 9.59 Å². The molecule has 3 saturated heterocycles. The number of nitrogens with one attached hydrogen (secondary N) is 2. The summed E-state index contributed by atoms with van der Waals surface area (Å²) in [5.74, 6) is -0.0606. The van der Waals surface area contributed by atoms with Crippen molar-refractivity contribution in [2.75, 3.05) is 39.3 Å². The fourth-order valence-electron chi connectivity index (χ4n) is 11.8. The molecular formula is C56H70N6NiO2. The van der Waals surface area contributed by atoms with Crippen LogP contribution in [0.3, 0.4) is 0 Å². The van der Waals surface area contributed by atoms with Gasteiger partial charge in [-0.25, -0.2) is 0 Å². The molecule has 2 N–H and O–H groups in total. The van der Waals surface area contributed by atoms with Crippen molar-refractivity contribution in [3.63, 3.8) is 0 Å². The molecule has 0 unspecified atom stereocenters. The van der Waals surface area contributed by atoms with E-state index in [1.54, 1.807) is 0 Å². The van der Waals surface area contributed by atoms with Crippen LogP contribution in [0.1, 0.15) is 184 Å². The van der Waals surface area contributed by atoms with Crippen molar-refractivity contribution in [3.8, 4) is 0 Å². The first-order valence-corrected chi connectivity index (χ1v) is 24.6. The van der Waals surface area contributed by atoms with Crippen LogP contribution >= 0.6 is 0 Å². The summed E-state index contributed by atoms with van der Waals surface area (Å²) >= 11 is 0. The number of aromatic nitrogens is 4. The molecule has 0 amide bonds. The number of carbonyl (C=O) groups is 2. The van der Waals surface area contributed by atoms with Crippen molar-refractivity contribution in [1.82, 2.24) is 19.9 Å². The first-order valence-electron chi connectivity index (χ1n) is 24.6. The van der Waals surface area contributed by atoms with E-state index in [-0.39, 0.29) is 28.1 Å². The van der Waals surface area contributed by atoms with E-state index in [4.69, 9.17) is 19.9 Å². The van der Waals surface area contributed by atoms with Crippen molar-refractivity contribution in [2.45, 2.75) is 128 Å². The second-order valence-electron chi connectivity index (χ2n) is 18.8. The molecule has 0 aliphatic carbocycles. The molecule has 0 spiro atoms. The Bertz CT molecular complexity index is 2340. The van der Waals surface area contributed by atoms with E-state index in [2.05, 4.69) is 91.8 Å². The van der Waals surface area contributed by atoms with Gasteiger partial charge >= 0.3 is 16.5 Å². The Morgan fingerprint density at radius 2 is 0.677 bits per heavy atom. The quantitative estimate of drug-likeness (QED) is 0.0976. The van der Waals surface area contributed by atoms with Crippen molar-refractivity contribution in [2.24, 2.45) is 0 Å². The molecule has 0 atom stereocenters. The summed E-state index contributed by atoms with van der Waals surface area (Å²) in [4.78, 5) is 55.6. The third-order valence-electron chi connectivity index (χ3n) is 16.6.